The van der Waals surface area contributed by atoms with E-state index in [1.165, 1.54) is 18.7 Å². The molecule has 2 saturated carbocycles. The summed E-state index contributed by atoms with van der Waals surface area (Å²) in [4.78, 5) is 47.6. The maximum absolute atomic E-state index is 14.1. The van der Waals surface area contributed by atoms with E-state index >= 15 is 0 Å². The van der Waals surface area contributed by atoms with E-state index in [-0.39, 0.29) is 64.6 Å². The first kappa shape index (κ1) is 33.4. The number of carbonyl (C=O) groups is 2. The quantitative estimate of drug-likeness (QED) is 0.165. The number of halogens is 3. The van der Waals surface area contributed by atoms with E-state index in [0.29, 0.717) is 43.7 Å². The molecule has 2 fully saturated rings. The van der Waals surface area contributed by atoms with E-state index in [1.807, 2.05) is 11.9 Å². The minimum atomic E-state index is -4.56. The predicted molar refractivity (Wildman–Crippen MR) is 172 cm³/mol. The van der Waals surface area contributed by atoms with Gasteiger partial charge < -0.3 is 23.9 Å². The summed E-state index contributed by atoms with van der Waals surface area (Å²) < 4.78 is 54.6. The number of methoxy groups -OCH3 is 1. The summed E-state index contributed by atoms with van der Waals surface area (Å²) >= 11 is 0. The second-order valence-corrected chi connectivity index (χ2v) is 12.7. The number of hydrogen-bond donors (Lipinski definition) is 2. The third kappa shape index (κ3) is 7.30. The molecule has 0 unspecified atom stereocenters. The molecule has 48 heavy (non-hydrogen) atoms. The molecule has 0 radical (unpaired) electrons. The second kappa shape index (κ2) is 13.5. The number of aromatic nitrogens is 6. The maximum atomic E-state index is 14.1. The minimum absolute atomic E-state index is 0.0699. The monoisotopic (exact) mass is 668 g/mol. The van der Waals surface area contributed by atoms with Crippen molar-refractivity contribution in [1.29, 1.82) is 0 Å². The number of imidazole rings is 2. The number of nitrogens with zero attached hydrogens (tertiary/aromatic N) is 6. The van der Waals surface area contributed by atoms with Crippen LogP contribution in [-0.2, 0) is 27.0 Å². The van der Waals surface area contributed by atoms with Gasteiger partial charge >= 0.3 is 12.1 Å². The first-order chi connectivity index (χ1) is 23.0. The van der Waals surface area contributed by atoms with E-state index in [4.69, 9.17) is 9.47 Å². The lowest BCUT2D eigenvalue weighted by atomic mass is 9.86. The van der Waals surface area contributed by atoms with Crippen LogP contribution in [0.4, 0.5) is 24.8 Å². The first-order valence-electron chi connectivity index (χ1n) is 16.2. The fourth-order valence-corrected chi connectivity index (χ4v) is 6.60. The number of amides is 1. The van der Waals surface area contributed by atoms with E-state index < -0.39 is 17.6 Å². The number of ether oxygens (including phenoxy) is 2. The van der Waals surface area contributed by atoms with E-state index in [2.05, 4.69) is 30.2 Å². The molecule has 2 aliphatic rings. The van der Waals surface area contributed by atoms with Gasteiger partial charge in [-0.05, 0) is 44.7 Å². The fourth-order valence-electron chi connectivity index (χ4n) is 6.60. The van der Waals surface area contributed by atoms with E-state index in [9.17, 15) is 22.8 Å². The number of hydrogen-bond acceptors (Lipinski definition) is 9. The van der Waals surface area contributed by atoms with Crippen LogP contribution >= 0.6 is 0 Å². The Morgan fingerprint density at radius 2 is 1.94 bits per heavy atom. The Bertz CT molecular complexity index is 1790. The lowest BCUT2D eigenvalue weighted by Crippen LogP contribution is -2.37. The number of fused-ring (bicyclic) bond motifs is 1. The topological polar surface area (TPSA) is 140 Å². The molecule has 0 saturated heterocycles. The smallest absolute Gasteiger partial charge is 0.418 e. The molecular weight excluding hydrogens is 629 g/mol. The Hall–Kier alpha value is -4.53. The second-order valence-electron chi connectivity index (χ2n) is 12.7. The first-order valence-corrected chi connectivity index (χ1v) is 16.2. The molecule has 15 heteroatoms. The van der Waals surface area contributed by atoms with Crippen LogP contribution < -0.4 is 10.2 Å². The standard InChI is InChI=1S/C33H39F3N8O4/c1-4-48-26(45)9-12-44-16-24(38-19-44)30(46)42-31-40-28-25(43(2)17-32(18-47-3)10-5-6-11-32)14-23(39-29(28)41-31)21-13-22(33(34,35)36)27(37-15-21)20-7-8-20/h13-16,19-20H,4-12,17-18H2,1-3H3,(H2,39,40,41,42,46). The largest absolute Gasteiger partial charge is 0.466 e. The molecule has 2 aliphatic carbocycles. The highest BCUT2D eigenvalue weighted by Gasteiger charge is 2.40. The molecule has 1 amide bonds. The van der Waals surface area contributed by atoms with Crippen molar-refractivity contribution in [1.82, 2.24) is 29.5 Å². The van der Waals surface area contributed by atoms with Gasteiger partial charge in [0, 0.05) is 56.5 Å². The predicted octanol–water partition coefficient (Wildman–Crippen LogP) is 5.96. The molecule has 6 rings (SSSR count). The van der Waals surface area contributed by atoms with Gasteiger partial charge in [0.1, 0.15) is 11.2 Å². The van der Waals surface area contributed by atoms with Crippen LogP contribution in [0.1, 0.15) is 79.5 Å². The Morgan fingerprint density at radius 3 is 2.62 bits per heavy atom. The molecule has 0 aliphatic heterocycles. The molecule has 4 aromatic rings. The number of esters is 1. The average Bonchev–Trinajstić information content (AvgIpc) is 3.39. The van der Waals surface area contributed by atoms with Crippen molar-refractivity contribution >= 4 is 34.7 Å². The summed E-state index contributed by atoms with van der Waals surface area (Å²) in [7, 11) is 3.61. The highest BCUT2D eigenvalue weighted by atomic mass is 19.4. The zero-order valence-corrected chi connectivity index (χ0v) is 27.2. The molecule has 256 valence electrons. The Kier molecular flexibility index (Phi) is 9.41. The van der Waals surface area contributed by atoms with Crippen LogP contribution in [0.25, 0.3) is 22.4 Å². The molecule has 4 aromatic heterocycles. The average molecular weight is 669 g/mol. The van der Waals surface area contributed by atoms with Gasteiger partial charge in [-0.25, -0.2) is 9.97 Å². The third-order valence-corrected chi connectivity index (χ3v) is 9.00. The van der Waals surface area contributed by atoms with Crippen molar-refractivity contribution in [3.8, 4) is 11.3 Å². The molecule has 0 spiro atoms. The van der Waals surface area contributed by atoms with Crippen LogP contribution in [0.5, 0.6) is 0 Å². The van der Waals surface area contributed by atoms with Gasteiger partial charge in [0.2, 0.25) is 5.95 Å². The summed E-state index contributed by atoms with van der Waals surface area (Å²) in [6.07, 6.45) is 5.51. The minimum Gasteiger partial charge on any atom is -0.466 e. The van der Waals surface area contributed by atoms with Gasteiger partial charge in [0.05, 0.1) is 48.6 Å². The number of aromatic amines is 1. The number of aryl methyl sites for hydroxylation is 1. The van der Waals surface area contributed by atoms with Crippen LogP contribution in [0.2, 0.25) is 0 Å². The lowest BCUT2D eigenvalue weighted by molar-refractivity contribution is -0.143. The zero-order valence-electron chi connectivity index (χ0n) is 27.2. The highest BCUT2D eigenvalue weighted by molar-refractivity contribution is 6.03. The summed E-state index contributed by atoms with van der Waals surface area (Å²) in [6.45, 7) is 3.53. The normalized spacial score (nSPS) is 16.0. The number of H-pyrrole nitrogens is 1. The van der Waals surface area contributed by atoms with Crippen LogP contribution in [0, 0.1) is 5.41 Å². The summed E-state index contributed by atoms with van der Waals surface area (Å²) in [5.41, 5.74) is 1.24. The summed E-state index contributed by atoms with van der Waals surface area (Å²) in [6, 6.07) is 2.86. The van der Waals surface area contributed by atoms with Crippen molar-refractivity contribution in [2.24, 2.45) is 5.41 Å². The van der Waals surface area contributed by atoms with Gasteiger partial charge in [-0.3, -0.25) is 19.9 Å². The molecule has 4 heterocycles. The number of alkyl halides is 3. The van der Waals surface area contributed by atoms with Crippen molar-refractivity contribution in [2.75, 3.05) is 44.1 Å². The number of carbonyl (C=O) groups excluding carboxylic acids is 2. The fraction of sp³-hybridized carbons (Fsp3) is 0.515. The van der Waals surface area contributed by atoms with Gasteiger partial charge in [-0.1, -0.05) is 12.8 Å². The lowest BCUT2D eigenvalue weighted by Gasteiger charge is -2.34. The van der Waals surface area contributed by atoms with Crippen LogP contribution in [0.3, 0.4) is 0 Å². The van der Waals surface area contributed by atoms with Crippen LogP contribution in [-0.4, -0.2) is 75.3 Å². The van der Waals surface area contributed by atoms with Gasteiger partial charge in [0.15, 0.2) is 5.65 Å². The number of nitrogens with one attached hydrogen (secondary N) is 2. The van der Waals surface area contributed by atoms with Gasteiger partial charge in [-0.2, -0.15) is 18.2 Å². The van der Waals surface area contributed by atoms with Crippen molar-refractivity contribution in [2.45, 2.75) is 70.5 Å². The van der Waals surface area contributed by atoms with Crippen molar-refractivity contribution < 1.29 is 32.2 Å². The molecule has 0 bridgehead atoms. The van der Waals surface area contributed by atoms with Crippen molar-refractivity contribution in [3.05, 3.63) is 47.8 Å². The highest BCUT2D eigenvalue weighted by Crippen LogP contribution is 2.46. The molecular formula is C33H39F3N8O4. The third-order valence-electron chi connectivity index (χ3n) is 9.00. The SMILES string of the molecule is CCOC(=O)CCn1cnc(C(=O)Nc2nc3nc(-c4cnc(C5CC5)c(C(F)(F)F)c4)cc(N(C)CC4(COC)CCCC4)c3[nH]2)c1. The van der Waals surface area contributed by atoms with Crippen molar-refractivity contribution in [3.63, 3.8) is 0 Å². The number of anilines is 2. The summed E-state index contributed by atoms with van der Waals surface area (Å²) in [5.74, 6) is -0.977. The van der Waals surface area contributed by atoms with Gasteiger partial charge in [-0.15, -0.1) is 0 Å². The molecule has 2 N–H and O–H groups in total. The van der Waals surface area contributed by atoms with E-state index in [0.717, 1.165) is 31.7 Å². The Morgan fingerprint density at radius 1 is 1.17 bits per heavy atom. The molecule has 0 aromatic carbocycles. The Balaban J connectivity index is 1.33. The van der Waals surface area contributed by atoms with E-state index in [1.54, 1.807) is 24.7 Å². The summed E-state index contributed by atoms with van der Waals surface area (Å²) in [5, 5.41) is 2.72. The maximum Gasteiger partial charge on any atom is 0.418 e. The Labute approximate surface area is 275 Å². The molecule has 0 atom stereocenters. The number of pyridine rings is 2. The molecule has 12 nitrogen and oxygen atoms in total. The van der Waals surface area contributed by atoms with Gasteiger partial charge in [0.25, 0.3) is 5.91 Å². The zero-order chi connectivity index (χ0) is 34.1. The van der Waals surface area contributed by atoms with Crippen LogP contribution in [0.15, 0.2) is 30.9 Å². The number of rotatable bonds is 13.